The molecular formula is C22H26O3. The summed E-state index contributed by atoms with van der Waals surface area (Å²) in [6.45, 7) is 7.42. The zero-order valence-electron chi connectivity index (χ0n) is 15.0. The molecule has 0 aliphatic rings. The highest BCUT2D eigenvalue weighted by molar-refractivity contribution is 5.86. The van der Waals surface area contributed by atoms with Crippen molar-refractivity contribution in [3.8, 4) is 11.1 Å². The molecule has 0 fully saturated rings. The minimum absolute atomic E-state index is 0.0749. The van der Waals surface area contributed by atoms with Crippen molar-refractivity contribution in [3.05, 3.63) is 71.8 Å². The largest absolute Gasteiger partial charge is 0.462 e. The molecule has 2 rings (SSSR count). The molecule has 0 amide bonds. The van der Waals surface area contributed by atoms with Gasteiger partial charge in [0.2, 0.25) is 0 Å². The van der Waals surface area contributed by atoms with Gasteiger partial charge in [0.15, 0.2) is 0 Å². The van der Waals surface area contributed by atoms with E-state index in [2.05, 4.69) is 37.8 Å². The summed E-state index contributed by atoms with van der Waals surface area (Å²) in [4.78, 5) is 11.5. The van der Waals surface area contributed by atoms with Gasteiger partial charge in [0.05, 0.1) is 6.61 Å². The van der Waals surface area contributed by atoms with Crippen molar-refractivity contribution in [3.63, 3.8) is 0 Å². The van der Waals surface area contributed by atoms with E-state index in [1.165, 1.54) is 11.1 Å². The number of rotatable bonds is 8. The molecule has 0 bridgehead atoms. The number of esters is 1. The van der Waals surface area contributed by atoms with Crippen LogP contribution in [0.4, 0.5) is 0 Å². The molecule has 0 spiro atoms. The summed E-state index contributed by atoms with van der Waals surface area (Å²) in [6, 6.07) is 16.6. The first kappa shape index (κ1) is 18.9. The molecule has 3 heteroatoms. The molecule has 132 valence electrons. The predicted molar refractivity (Wildman–Crippen MR) is 101 cm³/mol. The number of hydrogen-bond acceptors (Lipinski definition) is 3. The maximum atomic E-state index is 11.5. The Balaban J connectivity index is 2.06. The van der Waals surface area contributed by atoms with Gasteiger partial charge in [-0.3, -0.25) is 0 Å². The summed E-state index contributed by atoms with van der Waals surface area (Å²) < 4.78 is 5.16. The molecule has 2 aromatic carbocycles. The van der Waals surface area contributed by atoms with E-state index in [0.29, 0.717) is 5.57 Å². The lowest BCUT2D eigenvalue weighted by Crippen LogP contribution is -2.16. The summed E-state index contributed by atoms with van der Waals surface area (Å²) in [5.74, 6) is -0.661. The number of carbonyl (C=O) groups is 1. The van der Waals surface area contributed by atoms with Crippen molar-refractivity contribution in [2.24, 2.45) is 0 Å². The van der Waals surface area contributed by atoms with Crippen molar-refractivity contribution in [1.29, 1.82) is 0 Å². The van der Waals surface area contributed by atoms with Crippen molar-refractivity contribution < 1.29 is 14.6 Å². The Labute approximate surface area is 150 Å². The second-order valence-corrected chi connectivity index (χ2v) is 6.33. The summed E-state index contributed by atoms with van der Waals surface area (Å²) >= 11 is 0. The molecule has 3 nitrogen and oxygen atoms in total. The van der Waals surface area contributed by atoms with Gasteiger partial charge in [-0.2, -0.15) is 0 Å². The number of aliphatic hydroxyl groups is 1. The summed E-state index contributed by atoms with van der Waals surface area (Å²) in [5.41, 5.74) is 4.95. The Bertz CT molecular complexity index is 699. The third-order valence-corrected chi connectivity index (χ3v) is 4.19. The summed E-state index contributed by atoms with van der Waals surface area (Å²) in [5, 5.41) is 9.58. The molecule has 1 atom stereocenters. The normalized spacial score (nSPS) is 11.8. The topological polar surface area (TPSA) is 46.5 Å². The zero-order chi connectivity index (χ0) is 18.2. The number of benzene rings is 2. The molecule has 0 radical (unpaired) electrons. The zero-order valence-corrected chi connectivity index (χ0v) is 15.0. The Kier molecular flexibility index (Phi) is 6.96. The van der Waals surface area contributed by atoms with Gasteiger partial charge in [0, 0.05) is 11.5 Å². The van der Waals surface area contributed by atoms with Crippen LogP contribution in [0.3, 0.4) is 0 Å². The van der Waals surface area contributed by atoms with E-state index in [9.17, 15) is 9.90 Å². The molecule has 1 N–H and O–H groups in total. The second kappa shape index (κ2) is 9.19. The van der Waals surface area contributed by atoms with Gasteiger partial charge >= 0.3 is 5.97 Å². The second-order valence-electron chi connectivity index (χ2n) is 6.33. The lowest BCUT2D eigenvalue weighted by atomic mass is 9.96. The first-order valence-electron chi connectivity index (χ1n) is 8.68. The molecule has 0 aliphatic heterocycles. The first-order valence-corrected chi connectivity index (χ1v) is 8.68. The number of aliphatic hydroxyl groups excluding tert-OH is 1. The third kappa shape index (κ3) is 5.30. The van der Waals surface area contributed by atoms with E-state index >= 15 is 0 Å². The highest BCUT2D eigenvalue weighted by Crippen LogP contribution is 2.24. The number of aryl methyl sites for hydroxylation is 1. The van der Waals surface area contributed by atoms with Gasteiger partial charge in [-0.25, -0.2) is 4.79 Å². The highest BCUT2D eigenvalue weighted by atomic mass is 16.5. The maximum absolute atomic E-state index is 11.5. The van der Waals surface area contributed by atoms with Crippen LogP contribution < -0.4 is 0 Å². The highest BCUT2D eigenvalue weighted by Gasteiger charge is 2.14. The molecule has 0 heterocycles. The van der Waals surface area contributed by atoms with Crippen molar-refractivity contribution in [1.82, 2.24) is 0 Å². The van der Waals surface area contributed by atoms with Crippen LogP contribution in [0.1, 0.15) is 37.3 Å². The SMILES string of the molecule is C=C(C)C(=O)OCC(CO)c1ccc(-c2ccc(CCC)cc2)cc1. The van der Waals surface area contributed by atoms with Crippen LogP contribution in [0, 0.1) is 0 Å². The molecule has 0 saturated heterocycles. The van der Waals surface area contributed by atoms with Crippen LogP contribution in [0.2, 0.25) is 0 Å². The Morgan fingerprint density at radius 1 is 1.08 bits per heavy atom. The lowest BCUT2D eigenvalue weighted by molar-refractivity contribution is -0.139. The standard InChI is InChI=1S/C22H26O3/c1-4-5-17-6-8-18(9-7-17)19-10-12-20(13-11-19)21(14-23)15-25-22(24)16(2)3/h6-13,21,23H,2,4-5,14-15H2,1,3H3. The Hall–Kier alpha value is -2.39. The van der Waals surface area contributed by atoms with E-state index in [-0.39, 0.29) is 19.1 Å². The van der Waals surface area contributed by atoms with Gasteiger partial charge < -0.3 is 9.84 Å². The fourth-order valence-corrected chi connectivity index (χ4v) is 2.65. The van der Waals surface area contributed by atoms with Crippen molar-refractivity contribution in [2.45, 2.75) is 32.6 Å². The molecule has 25 heavy (non-hydrogen) atoms. The third-order valence-electron chi connectivity index (χ3n) is 4.19. The first-order chi connectivity index (χ1) is 12.0. The van der Waals surface area contributed by atoms with Crippen LogP contribution >= 0.6 is 0 Å². The molecule has 1 unspecified atom stereocenters. The number of carbonyl (C=O) groups excluding carboxylic acids is 1. The molecule has 2 aromatic rings. The van der Waals surface area contributed by atoms with Gasteiger partial charge in [0.25, 0.3) is 0 Å². The fraction of sp³-hybridized carbons (Fsp3) is 0.318. The quantitative estimate of drug-likeness (QED) is 0.569. The molecule has 0 saturated carbocycles. The van der Waals surface area contributed by atoms with Crippen LogP contribution in [0.5, 0.6) is 0 Å². The molecular weight excluding hydrogens is 312 g/mol. The van der Waals surface area contributed by atoms with Gasteiger partial charge in [-0.1, -0.05) is 68.5 Å². The van der Waals surface area contributed by atoms with Crippen molar-refractivity contribution >= 4 is 5.97 Å². The lowest BCUT2D eigenvalue weighted by Gasteiger charge is -2.15. The monoisotopic (exact) mass is 338 g/mol. The predicted octanol–water partition coefficient (Wildman–Crippen LogP) is 4.50. The average Bonchev–Trinajstić information content (AvgIpc) is 2.63. The minimum Gasteiger partial charge on any atom is -0.462 e. The average molecular weight is 338 g/mol. The Morgan fingerprint density at radius 3 is 2.12 bits per heavy atom. The fourth-order valence-electron chi connectivity index (χ4n) is 2.65. The van der Waals surface area contributed by atoms with Gasteiger partial charge in [-0.15, -0.1) is 0 Å². The maximum Gasteiger partial charge on any atom is 0.333 e. The number of ether oxygens (including phenoxy) is 1. The van der Waals surface area contributed by atoms with E-state index < -0.39 is 5.97 Å². The van der Waals surface area contributed by atoms with Gasteiger partial charge in [-0.05, 0) is 35.6 Å². The minimum atomic E-state index is -0.428. The van der Waals surface area contributed by atoms with Crippen molar-refractivity contribution in [2.75, 3.05) is 13.2 Å². The summed E-state index contributed by atoms with van der Waals surface area (Å²) in [7, 11) is 0. The van der Waals surface area contributed by atoms with Gasteiger partial charge in [0.1, 0.15) is 6.61 Å². The Morgan fingerprint density at radius 2 is 1.64 bits per heavy atom. The summed E-state index contributed by atoms with van der Waals surface area (Å²) in [6.07, 6.45) is 2.24. The van der Waals surface area contributed by atoms with E-state index in [1.807, 2.05) is 24.3 Å². The van der Waals surface area contributed by atoms with Crippen LogP contribution in [0.25, 0.3) is 11.1 Å². The number of hydrogen-bond donors (Lipinski definition) is 1. The molecule has 0 aromatic heterocycles. The van der Waals surface area contributed by atoms with E-state index in [4.69, 9.17) is 4.74 Å². The van der Waals surface area contributed by atoms with Crippen LogP contribution in [-0.4, -0.2) is 24.3 Å². The van der Waals surface area contributed by atoms with Crippen LogP contribution in [0.15, 0.2) is 60.7 Å². The smallest absolute Gasteiger partial charge is 0.333 e. The van der Waals surface area contributed by atoms with Crippen LogP contribution in [-0.2, 0) is 16.0 Å². The molecule has 0 aliphatic carbocycles. The van der Waals surface area contributed by atoms with E-state index in [0.717, 1.165) is 24.0 Å². The van der Waals surface area contributed by atoms with E-state index in [1.54, 1.807) is 6.92 Å².